The normalized spacial score (nSPS) is 13.8. The van der Waals surface area contributed by atoms with Crippen molar-refractivity contribution in [3.63, 3.8) is 0 Å². The molecule has 0 spiro atoms. The minimum absolute atomic E-state index is 0.0620. The van der Waals surface area contributed by atoms with Crippen LogP contribution in [0.5, 0.6) is 0 Å². The van der Waals surface area contributed by atoms with E-state index >= 15 is 0 Å². The van der Waals surface area contributed by atoms with Gasteiger partial charge in [0.1, 0.15) is 5.82 Å². The number of rotatable bonds is 5. The monoisotopic (exact) mass is 434 g/mol. The number of para-hydroxylation sites is 2. The lowest BCUT2D eigenvalue weighted by Gasteiger charge is -2.36. The molecule has 6 nitrogen and oxygen atoms in total. The molecule has 2 amide bonds. The van der Waals surface area contributed by atoms with Gasteiger partial charge >= 0.3 is 0 Å². The van der Waals surface area contributed by atoms with Crippen molar-refractivity contribution in [2.24, 2.45) is 0 Å². The number of nitrogens with one attached hydrogen (secondary N) is 1. The van der Waals surface area contributed by atoms with Crippen molar-refractivity contribution >= 4 is 17.5 Å². The molecular formula is C25H27FN4O2. The molecule has 166 valence electrons. The molecular weight excluding hydrogens is 407 g/mol. The average molecular weight is 435 g/mol. The first-order chi connectivity index (χ1) is 15.5. The highest BCUT2D eigenvalue weighted by atomic mass is 19.1. The molecule has 1 fully saturated rings. The third kappa shape index (κ3) is 4.37. The van der Waals surface area contributed by atoms with Crippen LogP contribution < -0.4 is 10.2 Å². The van der Waals surface area contributed by atoms with E-state index in [4.69, 9.17) is 0 Å². The number of aryl methyl sites for hydroxylation is 1. The minimum Gasteiger partial charge on any atom is -0.368 e. The van der Waals surface area contributed by atoms with Crippen molar-refractivity contribution in [3.05, 3.63) is 83.4 Å². The second-order valence-electron chi connectivity index (χ2n) is 7.96. The van der Waals surface area contributed by atoms with Crippen LogP contribution in [0.2, 0.25) is 0 Å². The summed E-state index contributed by atoms with van der Waals surface area (Å²) in [4.78, 5) is 29.4. The third-order valence-electron chi connectivity index (χ3n) is 5.92. The van der Waals surface area contributed by atoms with E-state index in [9.17, 15) is 14.0 Å². The molecule has 1 aromatic heterocycles. The van der Waals surface area contributed by atoms with Crippen LogP contribution in [0.25, 0.3) is 5.69 Å². The van der Waals surface area contributed by atoms with E-state index in [1.54, 1.807) is 40.7 Å². The molecule has 2 heterocycles. The van der Waals surface area contributed by atoms with Crippen molar-refractivity contribution in [2.45, 2.75) is 13.8 Å². The van der Waals surface area contributed by atoms with Crippen LogP contribution in [-0.2, 0) is 4.79 Å². The molecule has 0 atom stereocenters. The van der Waals surface area contributed by atoms with E-state index in [0.717, 1.165) is 24.5 Å². The quantitative estimate of drug-likeness (QED) is 0.670. The summed E-state index contributed by atoms with van der Waals surface area (Å²) >= 11 is 0. The Hall–Kier alpha value is -3.61. The van der Waals surface area contributed by atoms with Crippen molar-refractivity contribution < 1.29 is 14.0 Å². The summed E-state index contributed by atoms with van der Waals surface area (Å²) in [6, 6.07) is 18.3. The summed E-state index contributed by atoms with van der Waals surface area (Å²) in [7, 11) is 0. The Morgan fingerprint density at radius 1 is 0.938 bits per heavy atom. The van der Waals surface area contributed by atoms with Crippen molar-refractivity contribution in [2.75, 3.05) is 37.6 Å². The van der Waals surface area contributed by atoms with Gasteiger partial charge in [0.25, 0.3) is 5.91 Å². The van der Waals surface area contributed by atoms with E-state index in [1.807, 2.05) is 25.1 Å². The second kappa shape index (κ2) is 9.26. The van der Waals surface area contributed by atoms with Crippen molar-refractivity contribution in [1.82, 2.24) is 14.8 Å². The third-order valence-corrected chi connectivity index (χ3v) is 5.92. The van der Waals surface area contributed by atoms with Gasteiger partial charge in [-0.15, -0.1) is 0 Å². The van der Waals surface area contributed by atoms with Gasteiger partial charge in [0, 0.05) is 43.3 Å². The van der Waals surface area contributed by atoms with Crippen molar-refractivity contribution in [3.8, 4) is 5.69 Å². The molecule has 1 saturated heterocycles. The van der Waals surface area contributed by atoms with Crippen LogP contribution in [-0.4, -0.2) is 54.0 Å². The van der Waals surface area contributed by atoms with E-state index in [1.165, 1.54) is 6.07 Å². The Bertz CT molecular complexity index is 1120. The Labute approximate surface area is 187 Å². The molecule has 0 unspecified atom stereocenters. The first kappa shape index (κ1) is 21.6. The number of hydrogen-bond donors (Lipinski definition) is 1. The molecule has 3 aromatic rings. The smallest absolute Gasteiger partial charge is 0.253 e. The summed E-state index contributed by atoms with van der Waals surface area (Å²) < 4.78 is 16.0. The van der Waals surface area contributed by atoms with Gasteiger partial charge in [-0.25, -0.2) is 4.39 Å². The summed E-state index contributed by atoms with van der Waals surface area (Å²) in [6.45, 7) is 6.29. The maximum Gasteiger partial charge on any atom is 0.253 e. The maximum absolute atomic E-state index is 14.3. The van der Waals surface area contributed by atoms with E-state index in [2.05, 4.69) is 22.3 Å². The molecule has 0 bridgehead atoms. The summed E-state index contributed by atoms with van der Waals surface area (Å²) in [5.74, 6) is -0.794. The van der Waals surface area contributed by atoms with E-state index < -0.39 is 0 Å². The standard InChI is InChI=1S/C25H27FN4O2/c1-18-16-21(19(2)30(18)23-11-7-6-10-22(23)26)25(32)27-17-24(31)29-14-12-28(13-15-29)20-8-4-3-5-9-20/h3-11,16H,12-15,17H2,1-2H3,(H,27,32). The zero-order valence-corrected chi connectivity index (χ0v) is 18.3. The number of anilines is 1. The van der Waals surface area contributed by atoms with Crippen LogP contribution in [0.3, 0.4) is 0 Å². The lowest BCUT2D eigenvalue weighted by molar-refractivity contribution is -0.130. The van der Waals surface area contributed by atoms with Gasteiger partial charge in [-0.2, -0.15) is 0 Å². The van der Waals surface area contributed by atoms with Crippen LogP contribution in [0.1, 0.15) is 21.7 Å². The molecule has 0 radical (unpaired) electrons. The molecule has 7 heteroatoms. The average Bonchev–Trinajstić information content (AvgIpc) is 3.12. The number of piperazine rings is 1. The van der Waals surface area contributed by atoms with Gasteiger partial charge in [0.05, 0.1) is 17.8 Å². The Morgan fingerprint density at radius 3 is 2.28 bits per heavy atom. The summed E-state index contributed by atoms with van der Waals surface area (Å²) in [6.07, 6.45) is 0. The van der Waals surface area contributed by atoms with Crippen molar-refractivity contribution in [1.29, 1.82) is 0 Å². The molecule has 2 aromatic carbocycles. The number of amides is 2. The zero-order chi connectivity index (χ0) is 22.7. The molecule has 1 aliphatic rings. The Morgan fingerprint density at radius 2 is 1.59 bits per heavy atom. The topological polar surface area (TPSA) is 57.6 Å². The number of aromatic nitrogens is 1. The predicted molar refractivity (Wildman–Crippen MR) is 123 cm³/mol. The number of hydrogen-bond acceptors (Lipinski definition) is 3. The van der Waals surface area contributed by atoms with Crippen LogP contribution in [0, 0.1) is 19.7 Å². The summed E-state index contributed by atoms with van der Waals surface area (Å²) in [5, 5.41) is 2.74. The highest BCUT2D eigenvalue weighted by molar-refractivity contribution is 5.98. The van der Waals surface area contributed by atoms with Gasteiger partial charge < -0.3 is 19.7 Å². The molecule has 32 heavy (non-hydrogen) atoms. The fourth-order valence-electron chi connectivity index (χ4n) is 4.21. The summed E-state index contributed by atoms with van der Waals surface area (Å²) in [5.41, 5.74) is 3.37. The minimum atomic E-state index is -0.355. The van der Waals surface area contributed by atoms with Gasteiger partial charge in [-0.05, 0) is 44.2 Å². The van der Waals surface area contributed by atoms with Crippen LogP contribution in [0.4, 0.5) is 10.1 Å². The zero-order valence-electron chi connectivity index (χ0n) is 18.3. The maximum atomic E-state index is 14.3. The SMILES string of the molecule is Cc1cc(C(=O)NCC(=O)N2CCN(c3ccccc3)CC2)c(C)n1-c1ccccc1F. The van der Waals surface area contributed by atoms with Crippen LogP contribution in [0.15, 0.2) is 60.7 Å². The number of carbonyl (C=O) groups is 2. The molecule has 1 aliphatic heterocycles. The molecule has 4 rings (SSSR count). The lowest BCUT2D eigenvalue weighted by Crippen LogP contribution is -2.51. The van der Waals surface area contributed by atoms with E-state index in [-0.39, 0.29) is 24.2 Å². The predicted octanol–water partition coefficient (Wildman–Crippen LogP) is 3.31. The number of benzene rings is 2. The fraction of sp³-hybridized carbons (Fsp3) is 0.280. The molecule has 0 aliphatic carbocycles. The number of halogens is 1. The first-order valence-corrected chi connectivity index (χ1v) is 10.8. The lowest BCUT2D eigenvalue weighted by atomic mass is 10.2. The highest BCUT2D eigenvalue weighted by Crippen LogP contribution is 2.23. The van der Waals surface area contributed by atoms with Gasteiger partial charge in [0.15, 0.2) is 0 Å². The largest absolute Gasteiger partial charge is 0.368 e. The fourth-order valence-corrected chi connectivity index (χ4v) is 4.21. The number of carbonyl (C=O) groups excluding carboxylic acids is 2. The van der Waals surface area contributed by atoms with Crippen LogP contribution >= 0.6 is 0 Å². The Balaban J connectivity index is 1.36. The highest BCUT2D eigenvalue weighted by Gasteiger charge is 2.23. The van der Waals surface area contributed by atoms with Gasteiger partial charge in [0.2, 0.25) is 5.91 Å². The number of nitrogens with zero attached hydrogens (tertiary/aromatic N) is 3. The van der Waals surface area contributed by atoms with E-state index in [0.29, 0.717) is 30.0 Å². The Kier molecular flexibility index (Phi) is 6.25. The second-order valence-corrected chi connectivity index (χ2v) is 7.96. The molecule has 0 saturated carbocycles. The van der Waals surface area contributed by atoms with Gasteiger partial charge in [-0.3, -0.25) is 9.59 Å². The van der Waals surface area contributed by atoms with Gasteiger partial charge in [-0.1, -0.05) is 30.3 Å². The first-order valence-electron chi connectivity index (χ1n) is 10.8. The molecule has 1 N–H and O–H groups in total.